The molecular formula is C13H24OSi. The topological polar surface area (TPSA) is 9.23 Å². The summed E-state index contributed by atoms with van der Waals surface area (Å²) in [6.45, 7) is 13.6. The van der Waals surface area contributed by atoms with Crippen LogP contribution in [0.2, 0.25) is 5.04 Å². The van der Waals surface area contributed by atoms with Gasteiger partial charge in [0, 0.05) is 6.42 Å². The molecule has 0 N–H and O–H groups in total. The van der Waals surface area contributed by atoms with Gasteiger partial charge < -0.3 is 4.43 Å². The van der Waals surface area contributed by atoms with Gasteiger partial charge in [0.2, 0.25) is 9.76 Å². The van der Waals surface area contributed by atoms with Crippen LogP contribution in [-0.2, 0) is 4.43 Å². The molecule has 0 aromatic rings. The van der Waals surface area contributed by atoms with Gasteiger partial charge in [-0.1, -0.05) is 33.3 Å². The van der Waals surface area contributed by atoms with E-state index in [4.69, 9.17) is 4.43 Å². The monoisotopic (exact) mass is 224 g/mol. The van der Waals surface area contributed by atoms with E-state index in [1.165, 1.54) is 16.9 Å². The molecule has 0 radical (unpaired) electrons. The lowest BCUT2D eigenvalue weighted by Gasteiger charge is -2.28. The molecule has 0 bridgehead atoms. The number of rotatable bonds is 4. The van der Waals surface area contributed by atoms with Crippen LogP contribution >= 0.6 is 0 Å². The van der Waals surface area contributed by atoms with Crippen molar-refractivity contribution in [3.8, 4) is 0 Å². The third-order valence-corrected chi connectivity index (χ3v) is 5.76. The maximum atomic E-state index is 6.03. The molecule has 1 nitrogen and oxygen atoms in total. The first kappa shape index (κ1) is 12.6. The summed E-state index contributed by atoms with van der Waals surface area (Å²) in [6, 6.07) is 0. The van der Waals surface area contributed by atoms with Crippen molar-refractivity contribution in [2.45, 2.75) is 53.0 Å². The van der Waals surface area contributed by atoms with Crippen LogP contribution in [0.25, 0.3) is 0 Å². The van der Waals surface area contributed by atoms with Crippen molar-refractivity contribution in [2.75, 3.05) is 0 Å². The summed E-state index contributed by atoms with van der Waals surface area (Å²) in [4.78, 5) is 0. The average molecular weight is 224 g/mol. The van der Waals surface area contributed by atoms with E-state index in [1.807, 2.05) is 0 Å². The molecule has 0 aromatic heterocycles. The number of hydrogen-bond donors (Lipinski definition) is 0. The molecule has 0 aliphatic heterocycles. The van der Waals surface area contributed by atoms with Crippen molar-refractivity contribution < 1.29 is 4.43 Å². The van der Waals surface area contributed by atoms with Crippen LogP contribution in [0, 0.1) is 5.92 Å². The van der Waals surface area contributed by atoms with Gasteiger partial charge in [-0.25, -0.2) is 0 Å². The van der Waals surface area contributed by atoms with Crippen molar-refractivity contribution in [3.05, 3.63) is 23.0 Å². The summed E-state index contributed by atoms with van der Waals surface area (Å²) in [5.74, 6) is 1.91. The molecular weight excluding hydrogens is 200 g/mol. The van der Waals surface area contributed by atoms with E-state index in [2.05, 4.69) is 47.6 Å². The predicted molar refractivity (Wildman–Crippen MR) is 69.6 cm³/mol. The Morgan fingerprint density at radius 3 is 2.33 bits per heavy atom. The van der Waals surface area contributed by atoms with Crippen LogP contribution in [0.4, 0.5) is 0 Å². The van der Waals surface area contributed by atoms with Gasteiger partial charge in [0.05, 0.1) is 5.76 Å². The molecule has 0 fully saturated rings. The van der Waals surface area contributed by atoms with Gasteiger partial charge >= 0.3 is 0 Å². The molecule has 15 heavy (non-hydrogen) atoms. The predicted octanol–water partition coefficient (Wildman–Crippen LogP) is 3.57. The smallest absolute Gasteiger partial charge is 0.225 e. The van der Waals surface area contributed by atoms with Gasteiger partial charge in [0.25, 0.3) is 0 Å². The van der Waals surface area contributed by atoms with Gasteiger partial charge in [-0.05, 0) is 36.5 Å². The standard InChI is InChI=1S/C13H24OSi/c1-9(2)13(5,6)15-14-12-7-10(3)11(4)8-12/h7,9H,8,15H2,1-6H3. The average Bonchev–Trinajstić information content (AvgIpc) is 2.43. The first-order valence-electron chi connectivity index (χ1n) is 5.82. The van der Waals surface area contributed by atoms with E-state index in [-0.39, 0.29) is 0 Å². The fourth-order valence-corrected chi connectivity index (χ4v) is 2.43. The molecule has 0 amide bonds. The third-order valence-electron chi connectivity index (χ3n) is 3.68. The zero-order valence-corrected chi connectivity index (χ0v) is 12.4. The van der Waals surface area contributed by atoms with Gasteiger partial charge in [-0.15, -0.1) is 0 Å². The van der Waals surface area contributed by atoms with E-state index in [1.54, 1.807) is 0 Å². The van der Waals surface area contributed by atoms with E-state index < -0.39 is 9.76 Å². The zero-order chi connectivity index (χ0) is 11.6. The maximum absolute atomic E-state index is 6.03. The minimum Gasteiger partial charge on any atom is -0.551 e. The van der Waals surface area contributed by atoms with Crippen molar-refractivity contribution in [2.24, 2.45) is 5.92 Å². The Hall–Kier alpha value is -0.503. The number of allylic oxidation sites excluding steroid dienone is 3. The summed E-state index contributed by atoms with van der Waals surface area (Å²) < 4.78 is 6.03. The molecule has 0 atom stereocenters. The zero-order valence-electron chi connectivity index (χ0n) is 11.0. The first-order valence-corrected chi connectivity index (χ1v) is 7.11. The fraction of sp³-hybridized carbons (Fsp3) is 0.692. The molecule has 0 saturated heterocycles. The fourth-order valence-electron chi connectivity index (χ4n) is 1.35. The summed E-state index contributed by atoms with van der Waals surface area (Å²) in [7, 11) is -0.478. The summed E-state index contributed by atoms with van der Waals surface area (Å²) in [5.41, 5.74) is 2.85. The third kappa shape index (κ3) is 3.23. The Morgan fingerprint density at radius 1 is 1.33 bits per heavy atom. The molecule has 1 rings (SSSR count). The second kappa shape index (κ2) is 4.56. The normalized spacial score (nSPS) is 18.2. The Labute approximate surface area is 96.5 Å². The molecule has 86 valence electrons. The van der Waals surface area contributed by atoms with E-state index >= 15 is 0 Å². The van der Waals surface area contributed by atoms with Crippen LogP contribution in [0.5, 0.6) is 0 Å². The van der Waals surface area contributed by atoms with Crippen LogP contribution in [0.1, 0.15) is 48.0 Å². The van der Waals surface area contributed by atoms with Gasteiger partial charge in [0.1, 0.15) is 0 Å². The van der Waals surface area contributed by atoms with Crippen molar-refractivity contribution >= 4 is 9.76 Å². The van der Waals surface area contributed by atoms with Crippen molar-refractivity contribution in [1.82, 2.24) is 0 Å². The van der Waals surface area contributed by atoms with E-state index in [0.29, 0.717) is 11.0 Å². The molecule has 1 aliphatic rings. The first-order chi connectivity index (χ1) is 6.83. The highest BCUT2D eigenvalue weighted by molar-refractivity contribution is 6.32. The summed E-state index contributed by atoms with van der Waals surface area (Å²) >= 11 is 0. The van der Waals surface area contributed by atoms with Gasteiger partial charge in [0.15, 0.2) is 0 Å². The molecule has 1 aliphatic carbocycles. The summed E-state index contributed by atoms with van der Waals surface area (Å²) in [6.07, 6.45) is 3.24. The molecule has 0 unspecified atom stereocenters. The van der Waals surface area contributed by atoms with E-state index in [0.717, 1.165) is 6.42 Å². The highest BCUT2D eigenvalue weighted by Crippen LogP contribution is 2.34. The lowest BCUT2D eigenvalue weighted by molar-refractivity contribution is 0.373. The SMILES string of the molecule is CC1=C(C)CC(O[SiH2]C(C)(C)C(C)C)=C1. The Bertz CT molecular complexity index is 298. The highest BCUT2D eigenvalue weighted by Gasteiger charge is 2.25. The van der Waals surface area contributed by atoms with Gasteiger partial charge in [-0.3, -0.25) is 0 Å². The second-order valence-corrected chi connectivity index (χ2v) is 8.08. The minimum atomic E-state index is -0.478. The van der Waals surface area contributed by atoms with Crippen LogP contribution in [0.3, 0.4) is 0 Å². The van der Waals surface area contributed by atoms with Crippen LogP contribution in [-0.4, -0.2) is 9.76 Å². The Morgan fingerprint density at radius 2 is 1.93 bits per heavy atom. The molecule has 0 saturated carbocycles. The van der Waals surface area contributed by atoms with Gasteiger partial charge in [-0.2, -0.15) is 0 Å². The largest absolute Gasteiger partial charge is 0.551 e. The minimum absolute atomic E-state index is 0.394. The number of hydrogen-bond acceptors (Lipinski definition) is 1. The Balaban J connectivity index is 2.44. The van der Waals surface area contributed by atoms with Crippen LogP contribution in [0.15, 0.2) is 23.0 Å². The molecule has 2 heteroatoms. The maximum Gasteiger partial charge on any atom is 0.225 e. The van der Waals surface area contributed by atoms with Crippen molar-refractivity contribution in [1.29, 1.82) is 0 Å². The molecule has 0 heterocycles. The van der Waals surface area contributed by atoms with E-state index in [9.17, 15) is 0 Å². The lowest BCUT2D eigenvalue weighted by atomic mass is 9.99. The molecule has 0 spiro atoms. The quantitative estimate of drug-likeness (QED) is 0.663. The highest BCUT2D eigenvalue weighted by atomic mass is 28.2. The van der Waals surface area contributed by atoms with Crippen molar-refractivity contribution in [3.63, 3.8) is 0 Å². The van der Waals surface area contributed by atoms with Crippen LogP contribution < -0.4 is 0 Å². The summed E-state index contributed by atoms with van der Waals surface area (Å²) in [5, 5.41) is 0.394. The second-order valence-electron chi connectivity index (χ2n) is 5.68. The Kier molecular flexibility index (Phi) is 3.82. The molecule has 0 aromatic carbocycles. The lowest BCUT2D eigenvalue weighted by Crippen LogP contribution is -2.21.